The van der Waals surface area contributed by atoms with E-state index in [4.69, 9.17) is 4.74 Å². The topological polar surface area (TPSA) is 81.5 Å². The number of nitro groups is 1. The van der Waals surface area contributed by atoms with Crippen LogP contribution in [0.4, 0.5) is 5.69 Å². The third-order valence-electron chi connectivity index (χ3n) is 3.65. The highest BCUT2D eigenvalue weighted by Gasteiger charge is 2.30. The number of rotatable bonds is 4. The minimum atomic E-state index is -0.506. The van der Waals surface area contributed by atoms with Gasteiger partial charge in [0.2, 0.25) is 0 Å². The smallest absolute Gasteiger partial charge is 0.312 e. The Morgan fingerprint density at radius 3 is 2.57 bits per heavy atom. The molecule has 2 unspecified atom stereocenters. The van der Waals surface area contributed by atoms with Gasteiger partial charge in [-0.3, -0.25) is 20.2 Å². The maximum Gasteiger partial charge on any atom is 0.312 e. The molecule has 1 aromatic rings. The third kappa shape index (κ3) is 4.89. The van der Waals surface area contributed by atoms with Crippen molar-refractivity contribution in [3.63, 3.8) is 0 Å². The van der Waals surface area contributed by atoms with Crippen molar-refractivity contribution in [2.75, 3.05) is 6.54 Å². The van der Waals surface area contributed by atoms with Crippen LogP contribution in [0.25, 0.3) is 6.08 Å². The van der Waals surface area contributed by atoms with Crippen LogP contribution in [0.3, 0.4) is 0 Å². The summed E-state index contributed by atoms with van der Waals surface area (Å²) in [5, 5.41) is 13.8. The molecule has 0 saturated carbocycles. The van der Waals surface area contributed by atoms with E-state index in [1.54, 1.807) is 12.1 Å². The number of nitrogens with one attached hydrogen (secondary N) is 1. The second kappa shape index (κ2) is 6.91. The Labute approximate surface area is 135 Å². The molecular formula is C17H22N2O4. The molecule has 1 saturated heterocycles. The SMILES string of the molecule is CC(C)(C)C(=O)OC1CC(/C=C/c2ccc([N+](=O)[O-])cc2)CN1. The van der Waals surface area contributed by atoms with Gasteiger partial charge in [-0.25, -0.2) is 0 Å². The summed E-state index contributed by atoms with van der Waals surface area (Å²) in [5.41, 5.74) is 0.485. The summed E-state index contributed by atoms with van der Waals surface area (Å²) < 4.78 is 5.44. The lowest BCUT2D eigenvalue weighted by Gasteiger charge is -2.20. The fourth-order valence-electron chi connectivity index (χ4n) is 2.22. The lowest BCUT2D eigenvalue weighted by Crippen LogP contribution is -2.33. The number of carbonyl (C=O) groups excluding carboxylic acids is 1. The van der Waals surface area contributed by atoms with Crippen molar-refractivity contribution >= 4 is 17.7 Å². The molecule has 1 aliphatic heterocycles. The molecule has 1 aromatic carbocycles. The summed E-state index contributed by atoms with van der Waals surface area (Å²) in [6, 6.07) is 6.41. The third-order valence-corrected chi connectivity index (χ3v) is 3.65. The Morgan fingerprint density at radius 1 is 1.35 bits per heavy atom. The molecule has 124 valence electrons. The van der Waals surface area contributed by atoms with Crippen LogP contribution in [0.5, 0.6) is 0 Å². The normalized spacial score (nSPS) is 21.5. The number of ether oxygens (including phenoxy) is 1. The van der Waals surface area contributed by atoms with Gasteiger partial charge in [0.05, 0.1) is 10.3 Å². The molecule has 1 heterocycles. The standard InChI is InChI=1S/C17H22N2O4/c1-17(2,3)16(20)23-15-10-13(11-18-15)5-4-12-6-8-14(9-7-12)19(21)22/h4-9,13,15,18H,10-11H2,1-3H3/b5-4+. The molecule has 1 aliphatic rings. The van der Waals surface area contributed by atoms with Crippen LogP contribution >= 0.6 is 0 Å². The maximum atomic E-state index is 11.9. The van der Waals surface area contributed by atoms with Gasteiger partial charge in [0, 0.05) is 25.1 Å². The Kier molecular flexibility index (Phi) is 5.15. The number of benzene rings is 1. The van der Waals surface area contributed by atoms with E-state index in [9.17, 15) is 14.9 Å². The van der Waals surface area contributed by atoms with E-state index in [0.29, 0.717) is 0 Å². The van der Waals surface area contributed by atoms with Gasteiger partial charge in [-0.15, -0.1) is 0 Å². The highest BCUT2D eigenvalue weighted by atomic mass is 16.6. The van der Waals surface area contributed by atoms with E-state index in [1.165, 1.54) is 12.1 Å². The summed E-state index contributed by atoms with van der Waals surface area (Å²) in [6.07, 6.45) is 4.45. The van der Waals surface area contributed by atoms with E-state index in [0.717, 1.165) is 18.5 Å². The van der Waals surface area contributed by atoms with Crippen molar-refractivity contribution in [1.82, 2.24) is 5.32 Å². The van der Waals surface area contributed by atoms with E-state index in [1.807, 2.05) is 32.9 Å². The quantitative estimate of drug-likeness (QED) is 0.524. The minimum Gasteiger partial charge on any atom is -0.446 e. The highest BCUT2D eigenvalue weighted by Crippen LogP contribution is 2.22. The van der Waals surface area contributed by atoms with Crippen molar-refractivity contribution in [2.24, 2.45) is 11.3 Å². The molecule has 1 N–H and O–H groups in total. The van der Waals surface area contributed by atoms with Crippen LogP contribution < -0.4 is 5.32 Å². The lowest BCUT2D eigenvalue weighted by atomic mass is 9.97. The molecule has 0 amide bonds. The van der Waals surface area contributed by atoms with Crippen LogP contribution in [-0.4, -0.2) is 23.7 Å². The highest BCUT2D eigenvalue weighted by molar-refractivity contribution is 5.75. The summed E-state index contributed by atoms with van der Waals surface area (Å²) >= 11 is 0. The molecule has 0 radical (unpaired) electrons. The summed E-state index contributed by atoms with van der Waals surface area (Å²) in [5.74, 6) is 0.0537. The van der Waals surface area contributed by atoms with Crippen LogP contribution in [-0.2, 0) is 9.53 Å². The number of nitro benzene ring substituents is 1. The molecule has 6 nitrogen and oxygen atoms in total. The predicted octanol–water partition coefficient (Wildman–Crippen LogP) is 3.13. The van der Waals surface area contributed by atoms with Gasteiger partial charge in [-0.2, -0.15) is 0 Å². The zero-order chi connectivity index (χ0) is 17.0. The van der Waals surface area contributed by atoms with Gasteiger partial charge in [0.25, 0.3) is 5.69 Å². The molecule has 23 heavy (non-hydrogen) atoms. The molecular weight excluding hydrogens is 296 g/mol. The fourth-order valence-corrected chi connectivity index (χ4v) is 2.22. The van der Waals surface area contributed by atoms with Gasteiger partial charge in [-0.05, 0) is 44.4 Å². The molecule has 0 aliphatic carbocycles. The van der Waals surface area contributed by atoms with Crippen LogP contribution in [0.2, 0.25) is 0 Å². The molecule has 0 spiro atoms. The Morgan fingerprint density at radius 2 is 2.00 bits per heavy atom. The summed E-state index contributed by atoms with van der Waals surface area (Å²) in [6.45, 7) is 6.23. The van der Waals surface area contributed by atoms with Crippen LogP contribution in [0.1, 0.15) is 32.8 Å². The van der Waals surface area contributed by atoms with Crippen molar-refractivity contribution < 1.29 is 14.5 Å². The Balaban J connectivity index is 1.87. The largest absolute Gasteiger partial charge is 0.446 e. The van der Waals surface area contributed by atoms with Gasteiger partial charge < -0.3 is 4.74 Å². The molecule has 2 atom stereocenters. The average molecular weight is 318 g/mol. The molecule has 0 bridgehead atoms. The van der Waals surface area contributed by atoms with E-state index in [-0.39, 0.29) is 23.8 Å². The fraction of sp³-hybridized carbons (Fsp3) is 0.471. The van der Waals surface area contributed by atoms with Gasteiger partial charge in [0.15, 0.2) is 6.23 Å². The number of nitrogens with zero attached hydrogens (tertiary/aromatic N) is 1. The number of hydrogen-bond acceptors (Lipinski definition) is 5. The number of hydrogen-bond donors (Lipinski definition) is 1. The first-order valence-corrected chi connectivity index (χ1v) is 7.63. The maximum absolute atomic E-state index is 11.9. The van der Waals surface area contributed by atoms with Crippen molar-refractivity contribution in [3.05, 3.63) is 46.0 Å². The van der Waals surface area contributed by atoms with Gasteiger partial charge in [-0.1, -0.05) is 12.2 Å². The predicted molar refractivity (Wildman–Crippen MR) is 87.6 cm³/mol. The van der Waals surface area contributed by atoms with E-state index < -0.39 is 10.3 Å². The number of esters is 1. The lowest BCUT2D eigenvalue weighted by molar-refractivity contribution is -0.384. The zero-order valence-corrected chi connectivity index (χ0v) is 13.6. The Hall–Kier alpha value is -2.21. The first-order valence-electron chi connectivity index (χ1n) is 7.63. The second-order valence-electron chi connectivity index (χ2n) is 6.76. The first kappa shape index (κ1) is 17.1. The number of non-ortho nitro benzene ring substituents is 1. The minimum absolute atomic E-state index is 0.0823. The summed E-state index contributed by atoms with van der Waals surface area (Å²) in [4.78, 5) is 22.1. The average Bonchev–Trinajstić information content (AvgIpc) is 2.92. The molecule has 0 aromatic heterocycles. The Bertz CT molecular complexity index is 602. The van der Waals surface area contributed by atoms with Gasteiger partial charge in [0.1, 0.15) is 0 Å². The van der Waals surface area contributed by atoms with Crippen LogP contribution in [0.15, 0.2) is 30.3 Å². The van der Waals surface area contributed by atoms with Gasteiger partial charge >= 0.3 is 5.97 Å². The number of carbonyl (C=O) groups is 1. The van der Waals surface area contributed by atoms with E-state index >= 15 is 0 Å². The monoisotopic (exact) mass is 318 g/mol. The first-order chi connectivity index (χ1) is 10.8. The van der Waals surface area contributed by atoms with Crippen molar-refractivity contribution in [1.29, 1.82) is 0 Å². The molecule has 6 heteroatoms. The van der Waals surface area contributed by atoms with Crippen molar-refractivity contribution in [2.45, 2.75) is 33.4 Å². The van der Waals surface area contributed by atoms with E-state index in [2.05, 4.69) is 5.32 Å². The second-order valence-corrected chi connectivity index (χ2v) is 6.76. The molecule has 2 rings (SSSR count). The van der Waals surface area contributed by atoms with Crippen molar-refractivity contribution in [3.8, 4) is 0 Å². The summed E-state index contributed by atoms with van der Waals surface area (Å²) in [7, 11) is 0. The zero-order valence-electron chi connectivity index (χ0n) is 13.6. The van der Waals surface area contributed by atoms with Crippen LogP contribution in [0, 0.1) is 21.4 Å². The molecule has 1 fully saturated rings.